The van der Waals surface area contributed by atoms with E-state index in [2.05, 4.69) is 5.32 Å². The van der Waals surface area contributed by atoms with Gasteiger partial charge in [-0.15, -0.1) is 0 Å². The summed E-state index contributed by atoms with van der Waals surface area (Å²) in [6, 6.07) is 4.40. The second-order valence-corrected chi connectivity index (χ2v) is 4.22. The molecule has 110 valence electrons. The molecule has 0 unspecified atom stereocenters. The number of anilines is 1. The van der Waals surface area contributed by atoms with Gasteiger partial charge in [0.2, 0.25) is 0 Å². The van der Waals surface area contributed by atoms with E-state index in [1.165, 1.54) is 6.07 Å². The molecule has 0 aliphatic heterocycles. The van der Waals surface area contributed by atoms with Gasteiger partial charge in [-0.05, 0) is 17.7 Å². The molecule has 7 heteroatoms. The predicted molar refractivity (Wildman–Crippen MR) is 67.0 cm³/mol. The first-order chi connectivity index (χ1) is 9.88. The molecule has 3 nitrogen and oxygen atoms in total. The predicted octanol–water partition coefficient (Wildman–Crippen LogP) is 3.55. The van der Waals surface area contributed by atoms with Crippen molar-refractivity contribution in [3.8, 4) is 0 Å². The average molecular weight is 299 g/mol. The Morgan fingerprint density at radius 3 is 2.24 bits per heavy atom. The van der Waals surface area contributed by atoms with Crippen molar-refractivity contribution in [2.45, 2.75) is 6.54 Å². The molecule has 0 amide bonds. The Hall–Kier alpha value is -2.57. The van der Waals surface area contributed by atoms with Crippen molar-refractivity contribution < 1.29 is 27.5 Å². The minimum atomic E-state index is -1.40. The number of aromatic carboxylic acids is 1. The van der Waals surface area contributed by atoms with Crippen LogP contribution in [0.2, 0.25) is 0 Å². The quantitative estimate of drug-likeness (QED) is 0.670. The zero-order valence-electron chi connectivity index (χ0n) is 10.5. The Bertz CT molecular complexity index is 704. The average Bonchev–Trinajstić information content (AvgIpc) is 2.41. The van der Waals surface area contributed by atoms with Crippen LogP contribution in [0.15, 0.2) is 30.3 Å². The summed E-state index contributed by atoms with van der Waals surface area (Å²) >= 11 is 0. The van der Waals surface area contributed by atoms with E-state index in [0.717, 1.165) is 12.1 Å². The van der Waals surface area contributed by atoms with E-state index in [1.807, 2.05) is 0 Å². The van der Waals surface area contributed by atoms with Gasteiger partial charge in [0.25, 0.3) is 0 Å². The number of rotatable bonds is 4. The van der Waals surface area contributed by atoms with Crippen LogP contribution in [-0.2, 0) is 6.54 Å². The third-order valence-corrected chi connectivity index (χ3v) is 2.76. The van der Waals surface area contributed by atoms with Crippen molar-refractivity contribution >= 4 is 11.7 Å². The fraction of sp³-hybridized carbons (Fsp3) is 0.0714. The van der Waals surface area contributed by atoms with Crippen LogP contribution in [-0.4, -0.2) is 11.1 Å². The lowest BCUT2D eigenvalue weighted by atomic mass is 10.1. The van der Waals surface area contributed by atoms with E-state index in [1.54, 1.807) is 0 Å². The van der Waals surface area contributed by atoms with E-state index in [4.69, 9.17) is 5.11 Å². The van der Waals surface area contributed by atoms with Crippen molar-refractivity contribution in [1.29, 1.82) is 0 Å². The van der Waals surface area contributed by atoms with Gasteiger partial charge in [0.1, 0.15) is 11.6 Å². The molecule has 0 fully saturated rings. The van der Waals surface area contributed by atoms with Gasteiger partial charge in [-0.25, -0.2) is 22.4 Å². The molecule has 0 aliphatic carbocycles. The van der Waals surface area contributed by atoms with Gasteiger partial charge in [-0.1, -0.05) is 6.07 Å². The zero-order chi connectivity index (χ0) is 15.6. The maximum atomic E-state index is 13.4. The molecule has 0 heterocycles. The summed E-state index contributed by atoms with van der Waals surface area (Å²) in [5.74, 6) is -5.86. The number of nitrogens with one attached hydrogen (secondary N) is 1. The molecule has 2 rings (SSSR count). The molecule has 2 aromatic carbocycles. The van der Waals surface area contributed by atoms with E-state index in [9.17, 15) is 22.4 Å². The van der Waals surface area contributed by atoms with E-state index < -0.39 is 34.8 Å². The zero-order valence-corrected chi connectivity index (χ0v) is 10.5. The van der Waals surface area contributed by atoms with Crippen LogP contribution < -0.4 is 5.32 Å². The Labute approximate surface area is 116 Å². The lowest BCUT2D eigenvalue weighted by molar-refractivity contribution is 0.0692. The SMILES string of the molecule is O=C(O)c1ccc(CNc2cc(F)c(F)cc2F)cc1F. The minimum absolute atomic E-state index is 0.0845. The fourth-order valence-corrected chi connectivity index (χ4v) is 1.70. The van der Waals surface area contributed by atoms with E-state index >= 15 is 0 Å². The molecular formula is C14H9F4NO2. The van der Waals surface area contributed by atoms with Gasteiger partial charge in [-0.3, -0.25) is 0 Å². The number of carboxylic acids is 1. The highest BCUT2D eigenvalue weighted by Crippen LogP contribution is 2.19. The highest BCUT2D eigenvalue weighted by atomic mass is 19.2. The van der Waals surface area contributed by atoms with Crippen LogP contribution in [0.25, 0.3) is 0 Å². The highest BCUT2D eigenvalue weighted by molar-refractivity contribution is 5.87. The molecule has 0 aliphatic rings. The monoisotopic (exact) mass is 299 g/mol. The number of halogens is 4. The lowest BCUT2D eigenvalue weighted by Gasteiger charge is -2.09. The number of carbonyl (C=O) groups is 1. The van der Waals surface area contributed by atoms with Crippen molar-refractivity contribution in [1.82, 2.24) is 0 Å². The molecule has 0 atom stereocenters. The molecule has 2 N–H and O–H groups in total. The van der Waals surface area contributed by atoms with Gasteiger partial charge in [-0.2, -0.15) is 0 Å². The summed E-state index contributed by atoms with van der Waals surface area (Å²) in [5.41, 5.74) is -0.448. The highest BCUT2D eigenvalue weighted by Gasteiger charge is 2.12. The second-order valence-electron chi connectivity index (χ2n) is 4.22. The lowest BCUT2D eigenvalue weighted by Crippen LogP contribution is -2.05. The topological polar surface area (TPSA) is 49.3 Å². The summed E-state index contributed by atoms with van der Waals surface area (Å²) in [5, 5.41) is 11.2. The van der Waals surface area contributed by atoms with Crippen LogP contribution in [0.5, 0.6) is 0 Å². The van der Waals surface area contributed by atoms with Crippen LogP contribution in [0.3, 0.4) is 0 Å². The summed E-state index contributed by atoms with van der Waals surface area (Å²) in [7, 11) is 0. The van der Waals surface area contributed by atoms with Gasteiger partial charge in [0.05, 0.1) is 11.3 Å². The van der Waals surface area contributed by atoms with Gasteiger partial charge in [0, 0.05) is 18.7 Å². The summed E-state index contributed by atoms with van der Waals surface area (Å²) in [6.07, 6.45) is 0. The van der Waals surface area contributed by atoms with Gasteiger partial charge < -0.3 is 10.4 Å². The molecular weight excluding hydrogens is 290 g/mol. The standard InChI is InChI=1S/C14H9F4NO2/c15-9-3-7(1-2-8(9)14(20)21)6-19-13-5-11(17)10(16)4-12(13)18/h1-5,19H,6H2,(H,20,21). The Balaban J connectivity index is 2.15. The first-order valence-electron chi connectivity index (χ1n) is 5.78. The van der Waals surface area contributed by atoms with Gasteiger partial charge in [0.15, 0.2) is 11.6 Å². The summed E-state index contributed by atoms with van der Waals surface area (Å²) in [4.78, 5) is 10.6. The molecule has 0 saturated heterocycles. The summed E-state index contributed by atoms with van der Waals surface area (Å²) in [6.45, 7) is -0.0845. The smallest absolute Gasteiger partial charge is 0.338 e. The number of hydrogen-bond acceptors (Lipinski definition) is 2. The van der Waals surface area contributed by atoms with E-state index in [0.29, 0.717) is 17.7 Å². The molecule has 21 heavy (non-hydrogen) atoms. The number of benzene rings is 2. The van der Waals surface area contributed by atoms with Crippen molar-refractivity contribution in [2.75, 3.05) is 5.32 Å². The third-order valence-electron chi connectivity index (χ3n) is 2.76. The van der Waals surface area contributed by atoms with E-state index in [-0.39, 0.29) is 12.2 Å². The molecule has 2 aromatic rings. The van der Waals surface area contributed by atoms with Crippen LogP contribution >= 0.6 is 0 Å². The maximum Gasteiger partial charge on any atom is 0.338 e. The third kappa shape index (κ3) is 3.31. The molecule has 0 spiro atoms. The largest absolute Gasteiger partial charge is 0.478 e. The molecule has 0 bridgehead atoms. The van der Waals surface area contributed by atoms with Crippen LogP contribution in [0.4, 0.5) is 23.2 Å². The Kier molecular flexibility index (Phi) is 4.11. The van der Waals surface area contributed by atoms with Gasteiger partial charge >= 0.3 is 5.97 Å². The fourth-order valence-electron chi connectivity index (χ4n) is 1.70. The summed E-state index contributed by atoms with van der Waals surface area (Å²) < 4.78 is 52.5. The Morgan fingerprint density at radius 1 is 0.952 bits per heavy atom. The van der Waals surface area contributed by atoms with Crippen LogP contribution in [0, 0.1) is 23.3 Å². The number of carboxylic acid groups (broad SMARTS) is 1. The normalized spacial score (nSPS) is 10.5. The Morgan fingerprint density at radius 2 is 1.62 bits per heavy atom. The molecule has 0 radical (unpaired) electrons. The van der Waals surface area contributed by atoms with Crippen LogP contribution in [0.1, 0.15) is 15.9 Å². The number of hydrogen-bond donors (Lipinski definition) is 2. The first-order valence-corrected chi connectivity index (χ1v) is 5.78. The molecule has 0 saturated carbocycles. The molecule has 0 aromatic heterocycles. The minimum Gasteiger partial charge on any atom is -0.478 e. The van der Waals surface area contributed by atoms with Crippen molar-refractivity contribution in [3.63, 3.8) is 0 Å². The maximum absolute atomic E-state index is 13.4. The second kappa shape index (κ2) is 5.82. The first kappa shape index (κ1) is 14.8. The van der Waals surface area contributed by atoms with Crippen molar-refractivity contribution in [3.05, 3.63) is 64.7 Å². The van der Waals surface area contributed by atoms with Crippen molar-refractivity contribution in [2.24, 2.45) is 0 Å².